The first-order valence-corrected chi connectivity index (χ1v) is 5.15. The van der Waals surface area contributed by atoms with Crippen molar-refractivity contribution in [1.82, 2.24) is 0 Å². The molecule has 1 unspecified atom stereocenters. The molecule has 0 saturated heterocycles. The fourth-order valence-electron chi connectivity index (χ4n) is 1.94. The van der Waals surface area contributed by atoms with Crippen LogP contribution in [-0.4, -0.2) is 6.54 Å². The fourth-order valence-corrected chi connectivity index (χ4v) is 1.94. The van der Waals surface area contributed by atoms with Crippen LogP contribution in [0.25, 0.3) is 0 Å². The second-order valence-electron chi connectivity index (χ2n) is 4.04. The van der Waals surface area contributed by atoms with Crippen molar-refractivity contribution >= 4 is 5.69 Å². The van der Waals surface area contributed by atoms with Gasteiger partial charge in [-0.15, -0.1) is 0 Å². The van der Waals surface area contributed by atoms with Gasteiger partial charge in [-0.2, -0.15) is 0 Å². The first-order valence-electron chi connectivity index (χ1n) is 5.15. The number of benzene rings is 1. The highest BCUT2D eigenvalue weighted by molar-refractivity contribution is 5.54. The molecule has 0 spiro atoms. The average Bonchev–Trinajstić information content (AvgIpc) is 2.16. The average molecular weight is 175 g/mol. The normalized spacial score (nSPS) is 20.6. The van der Waals surface area contributed by atoms with Gasteiger partial charge in [-0.3, -0.25) is 0 Å². The van der Waals surface area contributed by atoms with Crippen molar-refractivity contribution in [3.05, 3.63) is 29.3 Å². The lowest BCUT2D eigenvalue weighted by Gasteiger charge is -2.23. The Morgan fingerprint density at radius 2 is 2.31 bits per heavy atom. The Kier molecular flexibility index (Phi) is 2.26. The quantitative estimate of drug-likeness (QED) is 0.692. The zero-order chi connectivity index (χ0) is 9.26. The van der Waals surface area contributed by atoms with Gasteiger partial charge in [0.15, 0.2) is 0 Å². The third kappa shape index (κ3) is 1.69. The van der Waals surface area contributed by atoms with Crippen LogP contribution in [0.2, 0.25) is 0 Å². The fraction of sp³-hybridized carbons (Fsp3) is 0.500. The number of aryl methyl sites for hydroxylation is 1. The predicted molar refractivity (Wildman–Crippen MR) is 57.2 cm³/mol. The van der Waals surface area contributed by atoms with E-state index in [0.717, 1.165) is 18.9 Å². The van der Waals surface area contributed by atoms with Crippen molar-refractivity contribution in [2.24, 2.45) is 5.92 Å². The predicted octanol–water partition coefficient (Wildman–Crippen LogP) is 2.85. The molecule has 0 fully saturated rings. The van der Waals surface area contributed by atoms with E-state index in [0.29, 0.717) is 0 Å². The standard InChI is InChI=1S/C12H17N/c1-3-10-4-5-12-11(7-10)6-9(2)8-13-12/h4-5,7,9,13H,3,6,8H2,1-2H3. The zero-order valence-corrected chi connectivity index (χ0v) is 8.43. The summed E-state index contributed by atoms with van der Waals surface area (Å²) in [7, 11) is 0. The van der Waals surface area contributed by atoms with Crippen LogP contribution in [0.4, 0.5) is 5.69 Å². The largest absolute Gasteiger partial charge is 0.385 e. The van der Waals surface area contributed by atoms with E-state index in [1.807, 2.05) is 0 Å². The maximum atomic E-state index is 3.46. The topological polar surface area (TPSA) is 12.0 Å². The van der Waals surface area contributed by atoms with E-state index in [9.17, 15) is 0 Å². The lowest BCUT2D eigenvalue weighted by atomic mass is 9.94. The van der Waals surface area contributed by atoms with E-state index < -0.39 is 0 Å². The van der Waals surface area contributed by atoms with Crippen LogP contribution >= 0.6 is 0 Å². The van der Waals surface area contributed by atoms with Gasteiger partial charge in [-0.1, -0.05) is 26.0 Å². The molecule has 1 heterocycles. The van der Waals surface area contributed by atoms with Crippen LogP contribution in [0.15, 0.2) is 18.2 Å². The molecule has 0 radical (unpaired) electrons. The lowest BCUT2D eigenvalue weighted by molar-refractivity contribution is 0.594. The highest BCUT2D eigenvalue weighted by Gasteiger charge is 2.13. The number of hydrogen-bond donors (Lipinski definition) is 1. The second kappa shape index (κ2) is 3.41. The molecular weight excluding hydrogens is 158 g/mol. The molecule has 0 aromatic heterocycles. The van der Waals surface area contributed by atoms with Gasteiger partial charge in [0.2, 0.25) is 0 Å². The van der Waals surface area contributed by atoms with Crippen LogP contribution in [0.5, 0.6) is 0 Å². The second-order valence-corrected chi connectivity index (χ2v) is 4.04. The first-order chi connectivity index (χ1) is 6.29. The van der Waals surface area contributed by atoms with Gasteiger partial charge in [0.05, 0.1) is 0 Å². The Labute approximate surface area is 80.2 Å². The molecule has 1 heteroatoms. The highest BCUT2D eigenvalue weighted by Crippen LogP contribution is 2.25. The number of anilines is 1. The minimum Gasteiger partial charge on any atom is -0.385 e. The Hall–Kier alpha value is -0.980. The van der Waals surface area contributed by atoms with Gasteiger partial charge < -0.3 is 5.32 Å². The molecule has 1 N–H and O–H groups in total. The SMILES string of the molecule is CCc1ccc2c(c1)CC(C)CN2. The zero-order valence-electron chi connectivity index (χ0n) is 8.43. The van der Waals surface area contributed by atoms with Gasteiger partial charge in [-0.05, 0) is 36.0 Å². The van der Waals surface area contributed by atoms with E-state index in [-0.39, 0.29) is 0 Å². The van der Waals surface area contributed by atoms with E-state index in [2.05, 4.69) is 37.4 Å². The van der Waals surface area contributed by atoms with Crippen LogP contribution in [0, 0.1) is 5.92 Å². The molecule has 0 saturated carbocycles. The van der Waals surface area contributed by atoms with E-state index in [1.54, 1.807) is 0 Å². The summed E-state index contributed by atoms with van der Waals surface area (Å²) in [6, 6.07) is 6.79. The molecule has 2 rings (SSSR count). The summed E-state index contributed by atoms with van der Waals surface area (Å²) in [5.41, 5.74) is 4.29. The summed E-state index contributed by atoms with van der Waals surface area (Å²) in [6.45, 7) is 5.63. The molecule has 0 bridgehead atoms. The third-order valence-electron chi connectivity index (χ3n) is 2.79. The molecule has 1 nitrogen and oxygen atoms in total. The highest BCUT2D eigenvalue weighted by atomic mass is 14.9. The van der Waals surface area contributed by atoms with Crippen molar-refractivity contribution in [3.8, 4) is 0 Å². The van der Waals surface area contributed by atoms with E-state index in [1.165, 1.54) is 23.2 Å². The van der Waals surface area contributed by atoms with Gasteiger partial charge in [0.25, 0.3) is 0 Å². The summed E-state index contributed by atoms with van der Waals surface area (Å²) in [6.07, 6.45) is 2.37. The van der Waals surface area contributed by atoms with Crippen molar-refractivity contribution in [3.63, 3.8) is 0 Å². The molecule has 13 heavy (non-hydrogen) atoms. The smallest absolute Gasteiger partial charge is 0.0373 e. The maximum absolute atomic E-state index is 3.46. The van der Waals surface area contributed by atoms with E-state index in [4.69, 9.17) is 0 Å². The van der Waals surface area contributed by atoms with Gasteiger partial charge in [0, 0.05) is 12.2 Å². The molecule has 1 aliphatic heterocycles. The summed E-state index contributed by atoms with van der Waals surface area (Å²) >= 11 is 0. The maximum Gasteiger partial charge on any atom is 0.0373 e. The molecule has 1 aromatic rings. The van der Waals surface area contributed by atoms with Crippen LogP contribution < -0.4 is 5.32 Å². The minimum absolute atomic E-state index is 0.777. The molecule has 0 aliphatic carbocycles. The Morgan fingerprint density at radius 3 is 3.08 bits per heavy atom. The summed E-state index contributed by atoms with van der Waals surface area (Å²) in [5, 5.41) is 3.46. The van der Waals surface area contributed by atoms with Crippen molar-refractivity contribution in [1.29, 1.82) is 0 Å². The van der Waals surface area contributed by atoms with Crippen molar-refractivity contribution < 1.29 is 0 Å². The minimum atomic E-state index is 0.777. The van der Waals surface area contributed by atoms with Crippen molar-refractivity contribution in [2.75, 3.05) is 11.9 Å². The number of fused-ring (bicyclic) bond motifs is 1. The molecule has 1 aromatic carbocycles. The third-order valence-corrected chi connectivity index (χ3v) is 2.79. The van der Waals surface area contributed by atoms with Crippen molar-refractivity contribution in [2.45, 2.75) is 26.7 Å². The Morgan fingerprint density at radius 1 is 1.46 bits per heavy atom. The monoisotopic (exact) mass is 175 g/mol. The van der Waals surface area contributed by atoms with Crippen LogP contribution in [0.3, 0.4) is 0 Å². The summed E-state index contributed by atoms with van der Waals surface area (Å²) in [5.74, 6) is 0.777. The van der Waals surface area contributed by atoms with Crippen LogP contribution in [-0.2, 0) is 12.8 Å². The molecule has 70 valence electrons. The lowest BCUT2D eigenvalue weighted by Crippen LogP contribution is -2.20. The number of hydrogen-bond acceptors (Lipinski definition) is 1. The molecule has 1 atom stereocenters. The van der Waals surface area contributed by atoms with Crippen LogP contribution in [0.1, 0.15) is 25.0 Å². The number of rotatable bonds is 1. The molecular formula is C12H17N. The van der Waals surface area contributed by atoms with E-state index >= 15 is 0 Å². The summed E-state index contributed by atoms with van der Waals surface area (Å²) < 4.78 is 0. The van der Waals surface area contributed by atoms with Gasteiger partial charge in [-0.25, -0.2) is 0 Å². The van der Waals surface area contributed by atoms with Gasteiger partial charge in [0.1, 0.15) is 0 Å². The number of nitrogens with one attached hydrogen (secondary N) is 1. The molecule has 0 amide bonds. The Balaban J connectivity index is 2.32. The first kappa shape index (κ1) is 8.61. The Bertz CT molecular complexity index is 304. The van der Waals surface area contributed by atoms with Gasteiger partial charge >= 0.3 is 0 Å². The summed E-state index contributed by atoms with van der Waals surface area (Å²) in [4.78, 5) is 0. The molecule has 1 aliphatic rings.